The van der Waals surface area contributed by atoms with Gasteiger partial charge in [-0.15, -0.1) is 11.6 Å². The summed E-state index contributed by atoms with van der Waals surface area (Å²) >= 11 is 6.57. The first-order valence-electron chi connectivity index (χ1n) is 25.9. The average Bonchev–Trinajstić information content (AvgIpc) is 3.94. The van der Waals surface area contributed by atoms with Crippen LogP contribution in [0.3, 0.4) is 0 Å². The number of methoxy groups -OCH3 is 1. The molecule has 4 heterocycles. The van der Waals surface area contributed by atoms with E-state index in [9.17, 15) is 33.9 Å². The Balaban J connectivity index is 0.912. The van der Waals surface area contributed by atoms with Gasteiger partial charge in [0, 0.05) is 80.7 Å². The van der Waals surface area contributed by atoms with Gasteiger partial charge in [0.05, 0.1) is 42.7 Å². The van der Waals surface area contributed by atoms with Crippen molar-refractivity contribution in [3.63, 3.8) is 0 Å². The number of carbonyl (C=O) groups excluding carboxylic acids is 6. The van der Waals surface area contributed by atoms with Crippen LogP contribution in [0.4, 0.5) is 26.7 Å². The Kier molecular flexibility index (Phi) is 16.5. The molecule has 77 heavy (non-hydrogen) atoms. The number of likely N-dealkylation sites (N-methyl/N-ethyl adjacent to an activating group) is 1. The summed E-state index contributed by atoms with van der Waals surface area (Å²) in [6, 6.07) is 24.1. The van der Waals surface area contributed by atoms with Crippen LogP contribution in [0, 0.1) is 5.92 Å². The number of hydrogen-bond acceptors (Lipinski definition) is 13. The Morgan fingerprint density at radius 3 is 2.22 bits per heavy atom. The molecule has 0 radical (unpaired) electrons. The van der Waals surface area contributed by atoms with Crippen LogP contribution >= 0.6 is 11.6 Å². The first-order chi connectivity index (χ1) is 37.0. The van der Waals surface area contributed by atoms with Crippen LogP contribution in [0.5, 0.6) is 17.2 Å². The minimum atomic E-state index is -1.57. The summed E-state index contributed by atoms with van der Waals surface area (Å²) in [5.74, 6) is -0.832. The van der Waals surface area contributed by atoms with Crippen molar-refractivity contribution in [1.82, 2.24) is 20.0 Å². The Hall–Kier alpha value is -7.45. The second-order valence-electron chi connectivity index (χ2n) is 20.3. The molecule has 0 saturated carbocycles. The Labute approximate surface area is 452 Å². The van der Waals surface area contributed by atoms with Crippen molar-refractivity contribution in [3.05, 3.63) is 119 Å². The van der Waals surface area contributed by atoms with Gasteiger partial charge in [-0.1, -0.05) is 74.5 Å². The fraction of sp³-hybridized carbons (Fsp3) is 0.404. The van der Waals surface area contributed by atoms with Crippen molar-refractivity contribution in [2.24, 2.45) is 11.7 Å². The first kappa shape index (κ1) is 54.3. The van der Waals surface area contributed by atoms with E-state index in [1.54, 1.807) is 52.0 Å². The van der Waals surface area contributed by atoms with Crippen molar-refractivity contribution >= 4 is 75.3 Å². The molecule has 1 fully saturated rings. The van der Waals surface area contributed by atoms with Gasteiger partial charge in [-0.3, -0.25) is 19.2 Å². The van der Waals surface area contributed by atoms with E-state index in [-0.39, 0.29) is 85.4 Å². The number of piperazine rings is 1. The lowest BCUT2D eigenvalue weighted by molar-refractivity contribution is -0.127. The number of aliphatic hydroxyl groups excluding tert-OH is 1. The number of fused-ring (bicyclic) bond motifs is 6. The lowest BCUT2D eigenvalue weighted by Crippen LogP contribution is -2.55. The number of nitrogens with two attached hydrogens (primary N) is 1. The minimum absolute atomic E-state index is 0.0213. The number of aliphatic hydroxyl groups is 1. The van der Waals surface area contributed by atoms with Crippen LogP contribution in [-0.2, 0) is 38.7 Å². The number of anilines is 3. The van der Waals surface area contributed by atoms with Gasteiger partial charge in [0.1, 0.15) is 18.4 Å². The fourth-order valence-electron chi connectivity index (χ4n) is 10.3. The summed E-state index contributed by atoms with van der Waals surface area (Å²) in [5.41, 5.74) is 10.4. The van der Waals surface area contributed by atoms with E-state index in [0.717, 1.165) is 45.5 Å². The maximum Gasteiger partial charge on any atom is 0.416 e. The van der Waals surface area contributed by atoms with Crippen molar-refractivity contribution in [2.75, 3.05) is 74.5 Å². The number of halogens is 1. The molecule has 1 unspecified atom stereocenters. The van der Waals surface area contributed by atoms with Gasteiger partial charge >= 0.3 is 12.2 Å². The topological polar surface area (TPSA) is 226 Å². The SMILES string of the molecule is COc1cc2c(cc1OCCCC(=O)N1C[C@@H](CCl)c3c1cc(OC(=O)N1CCN(C)CC1)c1ccccc31)N(C(=O)OCc1ccc(NC(=O)[C@H](C)NC(=O)[C@@H](N)C(C)C)cc1)C(O)[C@@H]1Cc3ccccc3CN1C2=O. The summed E-state index contributed by atoms with van der Waals surface area (Å²) < 4.78 is 24.0. The molecule has 4 aliphatic rings. The smallest absolute Gasteiger partial charge is 0.416 e. The molecule has 20 heteroatoms. The Morgan fingerprint density at radius 2 is 1.52 bits per heavy atom. The zero-order chi connectivity index (χ0) is 54.7. The summed E-state index contributed by atoms with van der Waals surface area (Å²) in [7, 11) is 3.44. The van der Waals surface area contributed by atoms with E-state index >= 15 is 0 Å². The van der Waals surface area contributed by atoms with Gasteiger partial charge < -0.3 is 60.0 Å². The number of nitrogens with zero attached hydrogens (tertiary/aromatic N) is 5. The maximum atomic E-state index is 14.6. The molecule has 4 aliphatic heterocycles. The quantitative estimate of drug-likeness (QED) is 0.0642. The molecule has 9 rings (SSSR count). The predicted octanol–water partition coefficient (Wildman–Crippen LogP) is 6.59. The molecule has 0 aromatic heterocycles. The van der Waals surface area contributed by atoms with Crippen LogP contribution in [0.25, 0.3) is 10.8 Å². The zero-order valence-electron chi connectivity index (χ0n) is 43.8. The average molecular weight is 1070 g/mol. The minimum Gasteiger partial charge on any atom is -0.493 e. The molecule has 5 aromatic rings. The van der Waals surface area contributed by atoms with Crippen LogP contribution < -0.4 is 40.4 Å². The highest BCUT2D eigenvalue weighted by atomic mass is 35.5. The third-order valence-corrected chi connectivity index (χ3v) is 15.2. The van der Waals surface area contributed by atoms with Gasteiger partial charge in [0.25, 0.3) is 5.91 Å². The van der Waals surface area contributed by atoms with Crippen LogP contribution in [0.1, 0.15) is 72.1 Å². The lowest BCUT2D eigenvalue weighted by Gasteiger charge is -2.39. The summed E-state index contributed by atoms with van der Waals surface area (Å²) in [4.78, 5) is 90.2. The van der Waals surface area contributed by atoms with Gasteiger partial charge in [-0.2, -0.15) is 0 Å². The van der Waals surface area contributed by atoms with Crippen molar-refractivity contribution in [2.45, 2.75) is 83.5 Å². The van der Waals surface area contributed by atoms with Crippen molar-refractivity contribution in [1.29, 1.82) is 0 Å². The number of rotatable bonds is 15. The van der Waals surface area contributed by atoms with Crippen molar-refractivity contribution < 1.29 is 52.8 Å². The second-order valence-corrected chi connectivity index (χ2v) is 20.6. The lowest BCUT2D eigenvalue weighted by atomic mass is 9.93. The van der Waals surface area contributed by atoms with Crippen LogP contribution in [0.15, 0.2) is 91.0 Å². The molecule has 0 bridgehead atoms. The van der Waals surface area contributed by atoms with Crippen LogP contribution in [0.2, 0.25) is 0 Å². The Morgan fingerprint density at radius 1 is 0.831 bits per heavy atom. The standard InChI is InChI=1S/C57H65ClN8O11/c1-33(2)51(59)53(69)60-34(3)52(68)61-39-18-16-35(17-19-39)32-76-57(73)66-43-27-48(47(74-5)26-42(43)54(70)65-30-37-12-7-6-11-36(37)25-45(65)55(66)71)75-24-10-15-49(67)64-31-38(29-58)50-41-14-9-8-13-40(41)46(28-44(50)64)77-56(72)63-22-20-62(4)21-23-63/h6-9,11-14,16-19,26-28,33-34,38,45,51,55,71H,10,15,20-25,29-32,59H2,1-5H3,(H,60,69)(H,61,68)/t34-,38+,45-,51-,55?/m0/s1. The number of carbonyl (C=O) groups is 6. The number of benzene rings is 5. The Bertz CT molecular complexity index is 3060. The van der Waals surface area contributed by atoms with E-state index in [0.29, 0.717) is 42.3 Å². The molecular weight excluding hydrogens is 1010 g/mol. The number of nitrogens with one attached hydrogen (secondary N) is 2. The molecule has 406 valence electrons. The molecule has 5 atom stereocenters. The molecule has 19 nitrogen and oxygen atoms in total. The first-order valence-corrected chi connectivity index (χ1v) is 26.5. The van der Waals surface area contributed by atoms with E-state index in [4.69, 9.17) is 36.3 Å². The van der Waals surface area contributed by atoms with E-state index in [2.05, 4.69) is 15.5 Å². The van der Waals surface area contributed by atoms with Gasteiger partial charge in [-0.25, -0.2) is 14.5 Å². The third-order valence-electron chi connectivity index (χ3n) is 14.9. The van der Waals surface area contributed by atoms with Crippen molar-refractivity contribution in [3.8, 4) is 17.2 Å². The highest BCUT2D eigenvalue weighted by Crippen LogP contribution is 2.47. The van der Waals surface area contributed by atoms with Crippen LogP contribution in [-0.4, -0.2) is 139 Å². The highest BCUT2D eigenvalue weighted by molar-refractivity contribution is 6.19. The zero-order valence-corrected chi connectivity index (χ0v) is 44.6. The largest absolute Gasteiger partial charge is 0.493 e. The second kappa shape index (κ2) is 23.4. The number of ether oxygens (including phenoxy) is 4. The molecule has 1 saturated heterocycles. The molecular formula is C57H65ClN8O11. The fourth-order valence-corrected chi connectivity index (χ4v) is 10.5. The monoisotopic (exact) mass is 1070 g/mol. The predicted molar refractivity (Wildman–Crippen MR) is 291 cm³/mol. The summed E-state index contributed by atoms with van der Waals surface area (Å²) in [6.45, 7) is 8.03. The molecule has 6 amide bonds. The normalized spacial score (nSPS) is 18.8. The van der Waals surface area contributed by atoms with E-state index < -0.39 is 54.3 Å². The van der Waals surface area contributed by atoms with Gasteiger partial charge in [0.2, 0.25) is 17.7 Å². The number of alkyl halides is 1. The van der Waals surface area contributed by atoms with E-state index in [1.807, 2.05) is 69.4 Å². The number of hydrogen-bond donors (Lipinski definition) is 4. The van der Waals surface area contributed by atoms with E-state index in [1.165, 1.54) is 19.2 Å². The summed E-state index contributed by atoms with van der Waals surface area (Å²) in [6.07, 6.45) is -2.39. The summed E-state index contributed by atoms with van der Waals surface area (Å²) in [5, 5.41) is 19.3. The molecule has 5 N–H and O–H groups in total. The van der Waals surface area contributed by atoms with Gasteiger partial charge in [0.15, 0.2) is 17.7 Å². The van der Waals surface area contributed by atoms with Gasteiger partial charge in [-0.05, 0) is 78.6 Å². The number of amides is 6. The molecule has 5 aromatic carbocycles. The highest BCUT2D eigenvalue weighted by Gasteiger charge is 2.46. The molecule has 0 spiro atoms. The third kappa shape index (κ3) is 11.5. The maximum absolute atomic E-state index is 14.6. The molecule has 0 aliphatic carbocycles.